The molecule has 6 heteroatoms. The van der Waals surface area contributed by atoms with E-state index in [-0.39, 0.29) is 0 Å². The average Bonchev–Trinajstić information content (AvgIpc) is 2.58. The molecule has 0 aliphatic heterocycles. The zero-order valence-corrected chi connectivity index (χ0v) is 18.2. The predicted octanol–water partition coefficient (Wildman–Crippen LogP) is 1.88. The average molecular weight is 551 g/mol. The molecule has 0 aromatic carbocycles. The van der Waals surface area contributed by atoms with E-state index in [0.717, 1.165) is 32.3 Å². The summed E-state index contributed by atoms with van der Waals surface area (Å²) in [5.74, 6) is 1.31. The Balaban J connectivity index is 4.18. The summed E-state index contributed by atoms with van der Waals surface area (Å²) in [5, 5.41) is 0. The van der Waals surface area contributed by atoms with E-state index in [2.05, 4.69) is 19.7 Å². The normalized spacial score (nSPS) is 15.0. The molecule has 0 aliphatic rings. The van der Waals surface area contributed by atoms with Crippen LogP contribution in [0.1, 0.15) is 25.7 Å². The molecule has 0 amide bonds. The number of ether oxygens (including phenoxy) is 1. The zero-order valence-electron chi connectivity index (χ0n) is 13.9. The monoisotopic (exact) mass is 551 g/mol. The molecule has 0 saturated heterocycles. The first kappa shape index (κ1) is 23.5. The van der Waals surface area contributed by atoms with Crippen LogP contribution in [0.3, 0.4) is 0 Å². The van der Waals surface area contributed by atoms with Crippen LogP contribution in [0.15, 0.2) is 38.0 Å². The summed E-state index contributed by atoms with van der Waals surface area (Å²) < 4.78 is 20.7. The standard InChI is InChI=1S/C17H29I2O4/c1-5-15(8-10-21-14-22-18)12-17(7-3)13-16(6-2)9-11-23-19-20-4/h5-7,15-17H,1-3,8-14H2,4H3/q-1. The molecule has 0 aromatic heterocycles. The predicted molar refractivity (Wildman–Crippen MR) is 98.4 cm³/mol. The Morgan fingerprint density at radius 2 is 1.52 bits per heavy atom. The van der Waals surface area contributed by atoms with Crippen molar-refractivity contribution >= 4 is 23.0 Å². The molecule has 0 radical (unpaired) electrons. The van der Waals surface area contributed by atoms with Gasteiger partial charge in [-0.1, -0.05) is 0 Å². The number of hydrogen-bond acceptors (Lipinski definition) is 4. The Labute approximate surface area is 166 Å². The fourth-order valence-electron chi connectivity index (χ4n) is 2.33. The summed E-state index contributed by atoms with van der Waals surface area (Å²) in [6.07, 6.45) is 10.1. The van der Waals surface area contributed by atoms with Crippen molar-refractivity contribution < 1.29 is 36.0 Å². The molecule has 0 fully saturated rings. The Morgan fingerprint density at radius 3 is 2.00 bits per heavy atom. The van der Waals surface area contributed by atoms with Crippen molar-refractivity contribution in [1.82, 2.24) is 0 Å². The van der Waals surface area contributed by atoms with Gasteiger partial charge in [0, 0.05) is 0 Å². The molecule has 0 heterocycles. The maximum absolute atomic E-state index is 5.48. The molecule has 0 aromatic rings. The Morgan fingerprint density at radius 1 is 0.957 bits per heavy atom. The van der Waals surface area contributed by atoms with Gasteiger partial charge in [-0.2, -0.15) is 0 Å². The minimum atomic E-state index is -0.554. The third-order valence-corrected chi connectivity index (χ3v) is 4.95. The van der Waals surface area contributed by atoms with Gasteiger partial charge in [0.05, 0.1) is 0 Å². The quantitative estimate of drug-likeness (QED) is 0.120. The van der Waals surface area contributed by atoms with Gasteiger partial charge < -0.3 is 0 Å². The molecule has 0 spiro atoms. The summed E-state index contributed by atoms with van der Waals surface area (Å²) in [4.78, 5) is 0. The van der Waals surface area contributed by atoms with Crippen LogP contribution in [0.4, 0.5) is 0 Å². The first-order valence-corrected chi connectivity index (χ1v) is 10.3. The molecular weight excluding hydrogens is 522 g/mol. The number of allylic oxidation sites excluding steroid dienone is 3. The third kappa shape index (κ3) is 13.5. The molecule has 136 valence electrons. The van der Waals surface area contributed by atoms with Crippen molar-refractivity contribution in [2.24, 2.45) is 17.8 Å². The topological polar surface area (TPSA) is 36.9 Å². The first-order valence-electron chi connectivity index (χ1n) is 7.70. The van der Waals surface area contributed by atoms with Crippen molar-refractivity contribution in [2.75, 3.05) is 27.1 Å². The van der Waals surface area contributed by atoms with E-state index in [9.17, 15) is 0 Å². The number of hydrogen-bond donors (Lipinski definition) is 0. The van der Waals surface area contributed by atoms with Gasteiger partial charge in [0.15, 0.2) is 0 Å². The van der Waals surface area contributed by atoms with Gasteiger partial charge in [-0.3, -0.25) is 3.07 Å². The summed E-state index contributed by atoms with van der Waals surface area (Å²) in [5.41, 5.74) is 0. The van der Waals surface area contributed by atoms with Crippen LogP contribution in [-0.2, 0) is 13.9 Å². The van der Waals surface area contributed by atoms with Gasteiger partial charge >= 0.3 is 141 Å². The van der Waals surface area contributed by atoms with Crippen molar-refractivity contribution in [1.29, 1.82) is 0 Å². The fraction of sp³-hybridized carbons (Fsp3) is 0.647. The number of halogens is 2. The Kier molecular flexibility index (Phi) is 17.7. The molecule has 4 nitrogen and oxygen atoms in total. The van der Waals surface area contributed by atoms with E-state index in [0.29, 0.717) is 31.2 Å². The summed E-state index contributed by atoms with van der Waals surface area (Å²) >= 11 is 1.27. The second-order valence-corrected chi connectivity index (χ2v) is 7.69. The van der Waals surface area contributed by atoms with Crippen LogP contribution in [0.2, 0.25) is 0 Å². The van der Waals surface area contributed by atoms with Crippen LogP contribution in [0, 0.1) is 17.8 Å². The van der Waals surface area contributed by atoms with Gasteiger partial charge in [0.2, 0.25) is 0 Å². The molecular formula is C17H29I2O4-. The molecule has 3 atom stereocenters. The van der Waals surface area contributed by atoms with Gasteiger partial charge in [0.25, 0.3) is 0 Å². The molecule has 0 aliphatic carbocycles. The van der Waals surface area contributed by atoms with Gasteiger partial charge in [-0.25, -0.2) is 0 Å². The Hall–Kier alpha value is 0.520. The van der Waals surface area contributed by atoms with Gasteiger partial charge in [-0.15, -0.1) is 0 Å². The van der Waals surface area contributed by atoms with Crippen LogP contribution in [0.25, 0.3) is 0 Å². The van der Waals surface area contributed by atoms with Crippen LogP contribution in [0.5, 0.6) is 0 Å². The number of rotatable bonds is 17. The summed E-state index contributed by atoms with van der Waals surface area (Å²) in [7, 11) is 1.68. The van der Waals surface area contributed by atoms with Crippen molar-refractivity contribution in [3.63, 3.8) is 0 Å². The SMILES string of the molecule is C=CC(CCOCOI)CC(C=C)CC(C=C)CCO[I-]OC. The third-order valence-electron chi connectivity index (χ3n) is 3.65. The van der Waals surface area contributed by atoms with E-state index in [1.54, 1.807) is 7.11 Å². The van der Waals surface area contributed by atoms with Crippen LogP contribution >= 0.6 is 23.0 Å². The van der Waals surface area contributed by atoms with E-state index >= 15 is 0 Å². The maximum atomic E-state index is 5.48. The molecule has 0 saturated carbocycles. The van der Waals surface area contributed by atoms with Gasteiger partial charge in [-0.05, 0) is 0 Å². The minimum absolute atomic E-state index is 0.331. The second-order valence-electron chi connectivity index (χ2n) is 5.20. The van der Waals surface area contributed by atoms with Crippen LogP contribution in [-0.4, -0.2) is 27.1 Å². The van der Waals surface area contributed by atoms with E-state index in [1.807, 2.05) is 41.2 Å². The van der Waals surface area contributed by atoms with Crippen molar-refractivity contribution in [2.45, 2.75) is 25.7 Å². The Bertz CT molecular complexity index is 287. The fourth-order valence-corrected chi connectivity index (χ4v) is 3.20. The van der Waals surface area contributed by atoms with E-state index in [4.69, 9.17) is 13.9 Å². The summed E-state index contributed by atoms with van der Waals surface area (Å²) in [6.45, 7) is 13.6. The van der Waals surface area contributed by atoms with E-state index < -0.39 is 22.0 Å². The van der Waals surface area contributed by atoms with Crippen molar-refractivity contribution in [3.05, 3.63) is 38.0 Å². The van der Waals surface area contributed by atoms with Crippen molar-refractivity contribution in [3.8, 4) is 0 Å². The molecule has 0 N–H and O–H groups in total. The first-order chi connectivity index (χ1) is 11.2. The summed E-state index contributed by atoms with van der Waals surface area (Å²) in [6, 6.07) is 0. The molecule has 23 heavy (non-hydrogen) atoms. The van der Waals surface area contributed by atoms with Gasteiger partial charge in [0.1, 0.15) is 23.0 Å². The molecule has 0 bridgehead atoms. The molecule has 3 unspecified atom stereocenters. The molecule has 0 rings (SSSR count). The zero-order chi connectivity index (χ0) is 17.3. The van der Waals surface area contributed by atoms with Crippen LogP contribution < -0.4 is 22.0 Å². The second kappa shape index (κ2) is 17.3. The van der Waals surface area contributed by atoms with E-state index in [1.165, 1.54) is 0 Å².